The fourth-order valence-electron chi connectivity index (χ4n) is 1.81. The minimum Gasteiger partial charge on any atom is -0.496 e. The lowest BCUT2D eigenvalue weighted by atomic mass is 10.1. The second kappa shape index (κ2) is 5.77. The van der Waals surface area contributed by atoms with Crippen LogP contribution in [-0.4, -0.2) is 23.2 Å². The third kappa shape index (κ3) is 3.36. The highest BCUT2D eigenvalue weighted by molar-refractivity contribution is 6.31. The molecule has 1 aromatic heterocycles. The van der Waals surface area contributed by atoms with Crippen molar-refractivity contribution in [3.05, 3.63) is 46.2 Å². The van der Waals surface area contributed by atoms with Crippen LogP contribution in [0, 0.1) is 0 Å². The minimum absolute atomic E-state index is 0.0398. The summed E-state index contributed by atoms with van der Waals surface area (Å²) in [5.41, 5.74) is -0.145. The molecule has 0 amide bonds. The molecule has 0 spiro atoms. The zero-order chi connectivity index (χ0) is 15.6. The smallest absolute Gasteiger partial charge is 0.436 e. The Hall–Kier alpha value is -2.02. The van der Waals surface area contributed by atoms with E-state index in [1.807, 2.05) is 0 Å². The molecule has 1 aromatic carbocycles. The van der Waals surface area contributed by atoms with E-state index in [0.29, 0.717) is 23.2 Å². The van der Waals surface area contributed by atoms with Crippen LogP contribution in [0.1, 0.15) is 21.6 Å². The van der Waals surface area contributed by atoms with Gasteiger partial charge in [0.1, 0.15) is 12.0 Å². The van der Waals surface area contributed by atoms with E-state index in [1.165, 1.54) is 13.2 Å². The zero-order valence-electron chi connectivity index (χ0n) is 10.8. The quantitative estimate of drug-likeness (QED) is 0.811. The Morgan fingerprint density at radius 2 is 2.14 bits per heavy atom. The average Bonchev–Trinajstić information content (AvgIpc) is 2.80. The van der Waals surface area contributed by atoms with E-state index in [0.717, 1.165) is 10.9 Å². The van der Waals surface area contributed by atoms with E-state index >= 15 is 0 Å². The Bertz CT molecular complexity index is 668. The SMILES string of the molecule is COc1cc(C=O)ccc1Cn1cc(Cl)c(C(F)(F)F)n1. The molecule has 0 fully saturated rings. The van der Waals surface area contributed by atoms with E-state index < -0.39 is 16.9 Å². The minimum atomic E-state index is -4.60. The van der Waals surface area contributed by atoms with Crippen LogP contribution in [0.5, 0.6) is 5.75 Å². The first-order chi connectivity index (χ1) is 9.85. The maximum Gasteiger partial charge on any atom is 0.436 e. The lowest BCUT2D eigenvalue weighted by molar-refractivity contribution is -0.141. The van der Waals surface area contributed by atoms with Gasteiger partial charge in [-0.05, 0) is 6.07 Å². The van der Waals surface area contributed by atoms with Gasteiger partial charge in [-0.2, -0.15) is 18.3 Å². The molecule has 0 saturated heterocycles. The van der Waals surface area contributed by atoms with Crippen LogP contribution in [0.4, 0.5) is 13.2 Å². The maximum absolute atomic E-state index is 12.6. The van der Waals surface area contributed by atoms with Crippen LogP contribution in [0.2, 0.25) is 5.02 Å². The van der Waals surface area contributed by atoms with E-state index in [-0.39, 0.29) is 6.54 Å². The van der Waals surface area contributed by atoms with Gasteiger partial charge in [-0.25, -0.2) is 0 Å². The number of benzene rings is 1. The molecule has 4 nitrogen and oxygen atoms in total. The van der Waals surface area contributed by atoms with Crippen LogP contribution in [0.15, 0.2) is 24.4 Å². The van der Waals surface area contributed by atoms with Crippen LogP contribution < -0.4 is 4.74 Å². The van der Waals surface area contributed by atoms with Gasteiger partial charge in [0.05, 0.1) is 18.7 Å². The van der Waals surface area contributed by atoms with Crippen LogP contribution >= 0.6 is 11.6 Å². The number of aldehydes is 1. The summed E-state index contributed by atoms with van der Waals surface area (Å²) in [5.74, 6) is 0.389. The lowest BCUT2D eigenvalue weighted by Crippen LogP contribution is -2.09. The fourth-order valence-corrected chi connectivity index (χ4v) is 2.07. The fraction of sp³-hybridized carbons (Fsp3) is 0.231. The van der Waals surface area contributed by atoms with E-state index in [4.69, 9.17) is 16.3 Å². The van der Waals surface area contributed by atoms with Gasteiger partial charge in [-0.15, -0.1) is 0 Å². The van der Waals surface area contributed by atoms with Crippen molar-refractivity contribution in [1.82, 2.24) is 9.78 Å². The highest BCUT2D eigenvalue weighted by atomic mass is 35.5. The van der Waals surface area contributed by atoms with Crippen LogP contribution in [0.25, 0.3) is 0 Å². The number of nitrogens with zero attached hydrogens (tertiary/aromatic N) is 2. The Kier molecular flexibility index (Phi) is 4.22. The van der Waals surface area contributed by atoms with Gasteiger partial charge in [0.15, 0.2) is 5.69 Å². The van der Waals surface area contributed by atoms with Gasteiger partial charge in [-0.1, -0.05) is 23.7 Å². The molecule has 0 radical (unpaired) electrons. The first-order valence-electron chi connectivity index (χ1n) is 5.77. The summed E-state index contributed by atoms with van der Waals surface area (Å²) in [6, 6.07) is 4.63. The van der Waals surface area contributed by atoms with E-state index in [1.54, 1.807) is 12.1 Å². The van der Waals surface area contributed by atoms with Crippen molar-refractivity contribution in [2.75, 3.05) is 7.11 Å². The normalized spacial score (nSPS) is 11.5. The van der Waals surface area contributed by atoms with E-state index in [9.17, 15) is 18.0 Å². The second-order valence-electron chi connectivity index (χ2n) is 4.21. The molecule has 0 unspecified atom stereocenters. The molecule has 2 rings (SSSR count). The Morgan fingerprint density at radius 1 is 1.43 bits per heavy atom. The summed E-state index contributed by atoms with van der Waals surface area (Å²) in [4.78, 5) is 10.7. The van der Waals surface area contributed by atoms with Gasteiger partial charge in [0.2, 0.25) is 0 Å². The Balaban J connectivity index is 2.32. The van der Waals surface area contributed by atoms with Crippen molar-refractivity contribution < 1.29 is 22.7 Å². The number of carbonyl (C=O) groups is 1. The summed E-state index contributed by atoms with van der Waals surface area (Å²) >= 11 is 5.54. The molecule has 0 bridgehead atoms. The third-order valence-electron chi connectivity index (χ3n) is 2.77. The molecule has 1 heterocycles. The predicted molar refractivity (Wildman–Crippen MR) is 69.7 cm³/mol. The number of halogens is 4. The summed E-state index contributed by atoms with van der Waals surface area (Å²) < 4.78 is 44.0. The monoisotopic (exact) mass is 318 g/mol. The molecule has 0 aliphatic heterocycles. The number of alkyl halides is 3. The molecule has 0 saturated carbocycles. The highest BCUT2D eigenvalue weighted by Crippen LogP contribution is 2.33. The van der Waals surface area contributed by atoms with Gasteiger partial charge in [0.25, 0.3) is 0 Å². The van der Waals surface area contributed by atoms with Gasteiger partial charge in [0, 0.05) is 17.3 Å². The molecule has 2 aromatic rings. The number of hydrogen-bond donors (Lipinski definition) is 0. The number of carbonyl (C=O) groups excluding carboxylic acids is 1. The first kappa shape index (κ1) is 15.4. The first-order valence-corrected chi connectivity index (χ1v) is 6.15. The topological polar surface area (TPSA) is 44.1 Å². The van der Waals surface area contributed by atoms with Crippen molar-refractivity contribution in [3.8, 4) is 5.75 Å². The molecule has 0 aliphatic rings. The summed E-state index contributed by atoms with van der Waals surface area (Å²) in [5, 5.41) is 2.96. The maximum atomic E-state index is 12.6. The second-order valence-corrected chi connectivity index (χ2v) is 4.62. The predicted octanol–water partition coefficient (Wildman–Crippen LogP) is 3.42. The molecule has 8 heteroatoms. The van der Waals surface area contributed by atoms with Crippen molar-refractivity contribution in [2.45, 2.75) is 12.7 Å². The van der Waals surface area contributed by atoms with Crippen molar-refractivity contribution >= 4 is 17.9 Å². The largest absolute Gasteiger partial charge is 0.496 e. The number of aromatic nitrogens is 2. The number of rotatable bonds is 4. The van der Waals surface area contributed by atoms with Crippen LogP contribution in [0.3, 0.4) is 0 Å². The molecule has 0 atom stereocenters. The highest BCUT2D eigenvalue weighted by Gasteiger charge is 2.36. The van der Waals surface area contributed by atoms with E-state index in [2.05, 4.69) is 5.10 Å². The van der Waals surface area contributed by atoms with Crippen LogP contribution in [-0.2, 0) is 12.7 Å². The zero-order valence-corrected chi connectivity index (χ0v) is 11.6. The van der Waals surface area contributed by atoms with Crippen molar-refractivity contribution in [2.24, 2.45) is 0 Å². The third-order valence-corrected chi connectivity index (χ3v) is 3.04. The molecule has 0 N–H and O–H groups in total. The number of hydrogen-bond acceptors (Lipinski definition) is 3. The summed E-state index contributed by atoms with van der Waals surface area (Å²) in [7, 11) is 1.41. The molecule has 0 aliphatic carbocycles. The Labute approximate surface area is 123 Å². The molecule has 112 valence electrons. The number of ether oxygens (including phenoxy) is 1. The summed E-state index contributed by atoms with van der Waals surface area (Å²) in [6.45, 7) is 0.0398. The van der Waals surface area contributed by atoms with Gasteiger partial charge < -0.3 is 4.74 Å². The molecular formula is C13H10ClF3N2O2. The lowest BCUT2D eigenvalue weighted by Gasteiger charge is -2.09. The molecular weight excluding hydrogens is 309 g/mol. The average molecular weight is 319 g/mol. The molecule has 21 heavy (non-hydrogen) atoms. The van der Waals surface area contributed by atoms with Crippen molar-refractivity contribution in [1.29, 1.82) is 0 Å². The Morgan fingerprint density at radius 3 is 2.67 bits per heavy atom. The van der Waals surface area contributed by atoms with Crippen molar-refractivity contribution in [3.63, 3.8) is 0 Å². The standard InChI is InChI=1S/C13H10ClF3N2O2/c1-21-11-4-8(7-20)2-3-9(11)5-19-6-10(14)12(18-19)13(15,16)17/h2-4,6-7H,5H2,1H3. The summed E-state index contributed by atoms with van der Waals surface area (Å²) in [6.07, 6.45) is -2.86. The van der Waals surface area contributed by atoms with Gasteiger partial charge in [-0.3, -0.25) is 9.48 Å². The van der Waals surface area contributed by atoms with Gasteiger partial charge >= 0.3 is 6.18 Å². The number of methoxy groups -OCH3 is 1.